The number of rotatable bonds is 4. The van der Waals surface area contributed by atoms with Gasteiger partial charge >= 0.3 is 11.9 Å². The third-order valence-corrected chi connectivity index (χ3v) is 4.17. The summed E-state index contributed by atoms with van der Waals surface area (Å²) in [7, 11) is 0. The quantitative estimate of drug-likeness (QED) is 0.794. The molecule has 0 aromatic heterocycles. The van der Waals surface area contributed by atoms with Crippen LogP contribution in [0.4, 0.5) is 0 Å². The van der Waals surface area contributed by atoms with Crippen LogP contribution in [0.2, 0.25) is 0 Å². The summed E-state index contributed by atoms with van der Waals surface area (Å²) in [5.74, 6) is -0.573. The molecular formula is C14H16O4S. The van der Waals surface area contributed by atoms with E-state index in [2.05, 4.69) is 0 Å². The van der Waals surface area contributed by atoms with E-state index in [0.29, 0.717) is 12.2 Å². The molecule has 19 heavy (non-hydrogen) atoms. The van der Waals surface area contributed by atoms with E-state index < -0.39 is 0 Å². The molecular weight excluding hydrogens is 264 g/mol. The number of thioether (sulfide) groups is 1. The van der Waals surface area contributed by atoms with Crippen molar-refractivity contribution in [2.75, 3.05) is 6.61 Å². The number of benzene rings is 1. The smallest absolute Gasteiger partial charge is 0.338 e. The zero-order chi connectivity index (χ0) is 13.7. The summed E-state index contributed by atoms with van der Waals surface area (Å²) < 4.78 is 10.4. The number of carbonyl (C=O) groups excluding carboxylic acids is 2. The van der Waals surface area contributed by atoms with Crippen LogP contribution in [0.25, 0.3) is 0 Å². The van der Waals surface area contributed by atoms with Crippen molar-refractivity contribution in [2.24, 2.45) is 0 Å². The van der Waals surface area contributed by atoms with Crippen LogP contribution in [0.1, 0.15) is 30.1 Å². The van der Waals surface area contributed by atoms with Crippen molar-refractivity contribution in [1.82, 2.24) is 0 Å². The average molecular weight is 280 g/mol. The minimum atomic E-state index is -0.308. The molecule has 1 aliphatic rings. The Labute approximate surface area is 116 Å². The van der Waals surface area contributed by atoms with Gasteiger partial charge in [0, 0.05) is 12.2 Å². The van der Waals surface area contributed by atoms with E-state index >= 15 is 0 Å². The maximum Gasteiger partial charge on any atom is 0.338 e. The van der Waals surface area contributed by atoms with E-state index in [4.69, 9.17) is 9.47 Å². The molecule has 1 aliphatic heterocycles. The molecule has 1 unspecified atom stereocenters. The minimum absolute atomic E-state index is 0.0991. The second-order valence-electron chi connectivity index (χ2n) is 4.34. The first-order valence-corrected chi connectivity index (χ1v) is 7.14. The molecule has 5 heteroatoms. The van der Waals surface area contributed by atoms with Gasteiger partial charge in [-0.1, -0.05) is 18.2 Å². The summed E-state index contributed by atoms with van der Waals surface area (Å²) >= 11 is 1.56. The highest BCUT2D eigenvalue weighted by Gasteiger charge is 2.28. The molecule has 0 spiro atoms. The van der Waals surface area contributed by atoms with Crippen LogP contribution in [-0.2, 0) is 14.3 Å². The Morgan fingerprint density at radius 1 is 1.26 bits per heavy atom. The Bertz CT molecular complexity index is 446. The molecule has 1 heterocycles. The molecule has 102 valence electrons. The Balaban J connectivity index is 1.75. The lowest BCUT2D eigenvalue weighted by atomic mass is 10.2. The first-order chi connectivity index (χ1) is 9.15. The van der Waals surface area contributed by atoms with Gasteiger partial charge in [-0.3, -0.25) is 4.79 Å². The Morgan fingerprint density at radius 2 is 2.00 bits per heavy atom. The third-order valence-electron chi connectivity index (χ3n) is 2.78. The largest absolute Gasteiger partial charge is 0.461 e. The van der Waals surface area contributed by atoms with Gasteiger partial charge in [0.2, 0.25) is 0 Å². The van der Waals surface area contributed by atoms with Crippen LogP contribution in [0.5, 0.6) is 0 Å². The highest BCUT2D eigenvalue weighted by atomic mass is 32.2. The predicted molar refractivity (Wildman–Crippen MR) is 72.9 cm³/mol. The number of ether oxygens (including phenoxy) is 2. The van der Waals surface area contributed by atoms with E-state index in [1.807, 2.05) is 6.07 Å². The Morgan fingerprint density at radius 3 is 2.68 bits per heavy atom. The van der Waals surface area contributed by atoms with Gasteiger partial charge in [0.15, 0.2) is 0 Å². The topological polar surface area (TPSA) is 52.6 Å². The van der Waals surface area contributed by atoms with Crippen LogP contribution in [0.3, 0.4) is 0 Å². The number of carbonyl (C=O) groups is 2. The first kappa shape index (κ1) is 13.9. The number of hydrogen-bond donors (Lipinski definition) is 0. The van der Waals surface area contributed by atoms with Crippen molar-refractivity contribution in [3.05, 3.63) is 35.9 Å². The lowest BCUT2D eigenvalue weighted by Crippen LogP contribution is -2.14. The SMILES string of the molecule is CC(=O)OC1CC[C@H](COC(=O)c2ccccc2)S1. The van der Waals surface area contributed by atoms with Crippen LogP contribution in [-0.4, -0.2) is 29.2 Å². The Hall–Kier alpha value is -1.49. The Kier molecular flexibility index (Phi) is 4.85. The van der Waals surface area contributed by atoms with E-state index in [0.717, 1.165) is 12.8 Å². The fourth-order valence-corrected chi connectivity index (χ4v) is 3.20. The summed E-state index contributed by atoms with van der Waals surface area (Å²) in [6, 6.07) is 8.92. The van der Waals surface area contributed by atoms with Crippen LogP contribution < -0.4 is 0 Å². The van der Waals surface area contributed by atoms with E-state index in [1.165, 1.54) is 6.92 Å². The molecule has 4 nitrogen and oxygen atoms in total. The second kappa shape index (κ2) is 6.61. The third kappa shape index (κ3) is 4.28. The van der Waals surface area contributed by atoms with Gasteiger partial charge < -0.3 is 9.47 Å². The summed E-state index contributed by atoms with van der Waals surface area (Å²) in [5, 5.41) is 0.206. The molecule has 0 saturated carbocycles. The lowest BCUT2D eigenvalue weighted by Gasteiger charge is -2.12. The molecule has 0 amide bonds. The molecule has 0 N–H and O–H groups in total. The zero-order valence-corrected chi connectivity index (χ0v) is 11.5. The standard InChI is InChI=1S/C14H16O4S/c1-10(15)18-13-8-7-12(19-13)9-17-14(16)11-5-3-2-4-6-11/h2-6,12-13H,7-9H2,1H3/t12-,13?/m1/s1. The van der Waals surface area contributed by atoms with Gasteiger partial charge in [-0.2, -0.15) is 0 Å². The zero-order valence-electron chi connectivity index (χ0n) is 10.7. The normalized spacial score (nSPS) is 21.9. The lowest BCUT2D eigenvalue weighted by molar-refractivity contribution is -0.142. The molecule has 1 aromatic rings. The molecule has 2 atom stereocenters. The monoisotopic (exact) mass is 280 g/mol. The van der Waals surface area contributed by atoms with Crippen molar-refractivity contribution in [3.8, 4) is 0 Å². The fraction of sp³-hybridized carbons (Fsp3) is 0.429. The highest BCUT2D eigenvalue weighted by molar-refractivity contribution is 8.00. The molecule has 1 saturated heterocycles. The van der Waals surface area contributed by atoms with Gasteiger partial charge in [0.25, 0.3) is 0 Å². The molecule has 0 aliphatic carbocycles. The predicted octanol–water partition coefficient (Wildman–Crippen LogP) is 2.63. The summed E-state index contributed by atoms with van der Waals surface area (Å²) in [6.07, 6.45) is 1.71. The fourth-order valence-electron chi connectivity index (χ4n) is 1.89. The van der Waals surface area contributed by atoms with Gasteiger partial charge in [-0.05, 0) is 25.0 Å². The van der Waals surface area contributed by atoms with Crippen molar-refractivity contribution < 1.29 is 19.1 Å². The van der Waals surface area contributed by atoms with Crippen molar-refractivity contribution >= 4 is 23.7 Å². The van der Waals surface area contributed by atoms with E-state index in [9.17, 15) is 9.59 Å². The molecule has 0 radical (unpaired) electrons. The molecule has 1 fully saturated rings. The van der Waals surface area contributed by atoms with Crippen molar-refractivity contribution in [1.29, 1.82) is 0 Å². The van der Waals surface area contributed by atoms with Crippen LogP contribution in [0.15, 0.2) is 30.3 Å². The molecule has 1 aromatic carbocycles. The number of hydrogen-bond acceptors (Lipinski definition) is 5. The highest BCUT2D eigenvalue weighted by Crippen LogP contribution is 2.34. The first-order valence-electron chi connectivity index (χ1n) is 6.20. The van der Waals surface area contributed by atoms with Crippen LogP contribution in [0, 0.1) is 0 Å². The van der Waals surface area contributed by atoms with Crippen molar-refractivity contribution in [2.45, 2.75) is 30.5 Å². The van der Waals surface area contributed by atoms with Gasteiger partial charge in [-0.25, -0.2) is 4.79 Å². The van der Waals surface area contributed by atoms with Gasteiger partial charge in [0.1, 0.15) is 12.0 Å². The summed E-state index contributed by atoms with van der Waals surface area (Å²) in [4.78, 5) is 22.6. The average Bonchev–Trinajstić information content (AvgIpc) is 2.84. The van der Waals surface area contributed by atoms with Gasteiger partial charge in [-0.15, -0.1) is 11.8 Å². The van der Waals surface area contributed by atoms with E-state index in [1.54, 1.807) is 36.0 Å². The summed E-state index contributed by atoms with van der Waals surface area (Å²) in [5.41, 5.74) is 0.458. The van der Waals surface area contributed by atoms with Crippen LogP contribution >= 0.6 is 11.8 Å². The van der Waals surface area contributed by atoms with Gasteiger partial charge in [0.05, 0.1) is 5.56 Å². The molecule has 2 rings (SSSR count). The summed E-state index contributed by atoms with van der Waals surface area (Å²) in [6.45, 7) is 1.76. The maximum atomic E-state index is 11.7. The van der Waals surface area contributed by atoms with E-state index in [-0.39, 0.29) is 22.6 Å². The second-order valence-corrected chi connectivity index (χ2v) is 5.80. The molecule has 0 bridgehead atoms. The number of esters is 2. The maximum absolute atomic E-state index is 11.7. The van der Waals surface area contributed by atoms with Crippen molar-refractivity contribution in [3.63, 3.8) is 0 Å². The minimum Gasteiger partial charge on any atom is -0.461 e.